The molecule has 1 unspecified atom stereocenters. The van der Waals surface area contributed by atoms with Crippen LogP contribution in [0.3, 0.4) is 0 Å². The second kappa shape index (κ2) is 10.7. The van der Waals surface area contributed by atoms with Gasteiger partial charge in [-0.2, -0.15) is 0 Å². The minimum Gasteiger partial charge on any atom is -0.372 e. The molecule has 1 fully saturated rings. The summed E-state index contributed by atoms with van der Waals surface area (Å²) < 4.78 is 25.7. The highest BCUT2D eigenvalue weighted by molar-refractivity contribution is 7.92. The van der Waals surface area contributed by atoms with Gasteiger partial charge in [-0.25, -0.2) is 8.42 Å². The van der Waals surface area contributed by atoms with E-state index >= 15 is 0 Å². The van der Waals surface area contributed by atoms with Crippen LogP contribution in [-0.2, 0) is 14.8 Å². The summed E-state index contributed by atoms with van der Waals surface area (Å²) in [6.45, 7) is 5.79. The first kappa shape index (κ1) is 25.9. The van der Waals surface area contributed by atoms with Gasteiger partial charge < -0.3 is 10.2 Å². The third-order valence-electron chi connectivity index (χ3n) is 5.87. The Balaban J connectivity index is 1.69. The lowest BCUT2D eigenvalue weighted by molar-refractivity contribution is -0.120. The molecule has 2 aromatic carbocycles. The Morgan fingerprint density at radius 1 is 1.09 bits per heavy atom. The minimum absolute atomic E-state index is 0.0818. The van der Waals surface area contributed by atoms with Crippen molar-refractivity contribution in [1.29, 1.82) is 0 Å². The molecule has 2 aromatic rings. The van der Waals surface area contributed by atoms with Crippen LogP contribution in [0.5, 0.6) is 0 Å². The van der Waals surface area contributed by atoms with Gasteiger partial charge in [-0.15, -0.1) is 0 Å². The zero-order chi connectivity index (χ0) is 24.3. The summed E-state index contributed by atoms with van der Waals surface area (Å²) in [6.07, 6.45) is 3.38. The zero-order valence-corrected chi connectivity index (χ0v) is 21.9. The normalized spacial score (nSPS) is 15.9. The van der Waals surface area contributed by atoms with Crippen molar-refractivity contribution in [1.82, 2.24) is 5.32 Å². The van der Waals surface area contributed by atoms with Crippen molar-refractivity contribution in [2.75, 3.05) is 35.1 Å². The fourth-order valence-corrected chi connectivity index (χ4v) is 5.38. The topological polar surface area (TPSA) is 69.7 Å². The number of benzene rings is 2. The number of hydrogen-bond acceptors (Lipinski definition) is 4. The molecule has 0 bridgehead atoms. The van der Waals surface area contributed by atoms with Gasteiger partial charge in [0.2, 0.25) is 15.9 Å². The van der Waals surface area contributed by atoms with Crippen molar-refractivity contribution in [2.45, 2.75) is 32.7 Å². The Morgan fingerprint density at radius 3 is 2.24 bits per heavy atom. The van der Waals surface area contributed by atoms with Crippen LogP contribution >= 0.6 is 34.8 Å². The monoisotopic (exact) mass is 531 g/mol. The standard InChI is InChI=1S/C23H28Cl3N3O3S/c1-15-8-10-28(11-9-15)18-6-4-17(5-7-18)16(2)27-23(30)14-29(33(3,31)32)22-13-20(25)19(24)12-21(22)26/h4-7,12-13,15-16H,8-11,14H2,1-3H3,(H,27,30). The van der Waals surface area contributed by atoms with Gasteiger partial charge in [-0.1, -0.05) is 53.9 Å². The maximum atomic E-state index is 12.7. The van der Waals surface area contributed by atoms with Gasteiger partial charge in [0.25, 0.3) is 0 Å². The first-order valence-corrected chi connectivity index (χ1v) is 13.7. The summed E-state index contributed by atoms with van der Waals surface area (Å²) in [5, 5.41) is 3.27. The molecule has 0 saturated carbocycles. The smallest absolute Gasteiger partial charge is 0.241 e. The lowest BCUT2D eigenvalue weighted by Gasteiger charge is -2.32. The number of carbonyl (C=O) groups excluding carboxylic acids is 1. The molecule has 6 nitrogen and oxygen atoms in total. The maximum absolute atomic E-state index is 12.7. The van der Waals surface area contributed by atoms with E-state index in [9.17, 15) is 13.2 Å². The second-order valence-corrected chi connectivity index (χ2v) is 11.7. The van der Waals surface area contributed by atoms with Crippen LogP contribution in [0.2, 0.25) is 15.1 Å². The van der Waals surface area contributed by atoms with Crippen LogP contribution in [0.4, 0.5) is 11.4 Å². The molecule has 0 aromatic heterocycles. The predicted octanol–water partition coefficient (Wildman–Crippen LogP) is 5.53. The Labute approximate surface area is 210 Å². The third kappa shape index (κ3) is 6.69. The lowest BCUT2D eigenvalue weighted by atomic mass is 9.98. The molecule has 1 atom stereocenters. The summed E-state index contributed by atoms with van der Waals surface area (Å²) in [7, 11) is -3.81. The van der Waals surface area contributed by atoms with E-state index in [-0.39, 0.29) is 26.8 Å². The van der Waals surface area contributed by atoms with Gasteiger partial charge in [-0.05, 0) is 55.5 Å². The quantitative estimate of drug-likeness (QED) is 0.476. The molecule has 1 N–H and O–H groups in total. The van der Waals surface area contributed by atoms with Crippen molar-refractivity contribution >= 4 is 62.1 Å². The van der Waals surface area contributed by atoms with Gasteiger partial charge >= 0.3 is 0 Å². The van der Waals surface area contributed by atoms with Crippen molar-refractivity contribution in [3.8, 4) is 0 Å². The number of amides is 1. The number of halogens is 3. The van der Waals surface area contributed by atoms with E-state index < -0.39 is 22.5 Å². The Morgan fingerprint density at radius 2 is 1.67 bits per heavy atom. The second-order valence-electron chi connectivity index (χ2n) is 8.54. The average Bonchev–Trinajstić information content (AvgIpc) is 2.75. The maximum Gasteiger partial charge on any atom is 0.241 e. The molecule has 33 heavy (non-hydrogen) atoms. The van der Waals surface area contributed by atoms with Crippen LogP contribution in [0, 0.1) is 5.92 Å². The molecular formula is C23H28Cl3N3O3S. The molecule has 1 aliphatic heterocycles. The molecular weight excluding hydrogens is 505 g/mol. The van der Waals surface area contributed by atoms with E-state index in [2.05, 4.69) is 29.3 Å². The summed E-state index contributed by atoms with van der Waals surface area (Å²) in [4.78, 5) is 15.1. The fraction of sp³-hybridized carbons (Fsp3) is 0.435. The number of sulfonamides is 1. The average molecular weight is 533 g/mol. The Kier molecular flexibility index (Phi) is 8.43. The Hall–Kier alpha value is -1.67. The first-order valence-electron chi connectivity index (χ1n) is 10.7. The molecule has 1 saturated heterocycles. The molecule has 0 radical (unpaired) electrons. The van der Waals surface area contributed by atoms with Crippen LogP contribution < -0.4 is 14.5 Å². The van der Waals surface area contributed by atoms with E-state index in [1.807, 2.05) is 19.1 Å². The van der Waals surface area contributed by atoms with Crippen LogP contribution in [0.25, 0.3) is 0 Å². The highest BCUT2D eigenvalue weighted by atomic mass is 35.5. The molecule has 1 aliphatic rings. The van der Waals surface area contributed by atoms with Crippen LogP contribution in [0.1, 0.15) is 38.3 Å². The fourth-order valence-electron chi connectivity index (χ4n) is 3.83. The van der Waals surface area contributed by atoms with Gasteiger partial charge in [0.05, 0.1) is 33.1 Å². The molecule has 180 valence electrons. The number of anilines is 2. The predicted molar refractivity (Wildman–Crippen MR) is 137 cm³/mol. The van der Waals surface area contributed by atoms with E-state index in [0.717, 1.165) is 35.1 Å². The van der Waals surface area contributed by atoms with Gasteiger partial charge in [0, 0.05) is 18.8 Å². The number of nitrogens with one attached hydrogen (secondary N) is 1. The van der Waals surface area contributed by atoms with E-state index in [4.69, 9.17) is 34.8 Å². The number of piperidine rings is 1. The van der Waals surface area contributed by atoms with E-state index in [0.29, 0.717) is 0 Å². The summed E-state index contributed by atoms with van der Waals surface area (Å²) in [5.74, 6) is 0.296. The molecule has 0 spiro atoms. The third-order valence-corrected chi connectivity index (χ3v) is 8.02. The lowest BCUT2D eigenvalue weighted by Crippen LogP contribution is -2.41. The number of hydrogen-bond donors (Lipinski definition) is 1. The SMILES string of the molecule is CC1CCN(c2ccc(C(C)NC(=O)CN(c3cc(Cl)c(Cl)cc3Cl)S(C)(=O)=O)cc2)CC1. The van der Waals surface area contributed by atoms with Crippen molar-refractivity contribution in [2.24, 2.45) is 5.92 Å². The molecule has 1 heterocycles. The van der Waals surface area contributed by atoms with Crippen molar-refractivity contribution in [3.05, 3.63) is 57.0 Å². The molecule has 10 heteroatoms. The van der Waals surface area contributed by atoms with E-state index in [1.165, 1.54) is 30.7 Å². The summed E-state index contributed by atoms with van der Waals surface area (Å²) in [6, 6.07) is 10.5. The van der Waals surface area contributed by atoms with Gasteiger partial charge in [-0.3, -0.25) is 9.10 Å². The number of carbonyl (C=O) groups is 1. The summed E-state index contributed by atoms with van der Waals surface area (Å²) >= 11 is 18.2. The Bertz CT molecular complexity index is 1100. The van der Waals surface area contributed by atoms with Crippen molar-refractivity contribution in [3.63, 3.8) is 0 Å². The molecule has 1 amide bonds. The van der Waals surface area contributed by atoms with E-state index in [1.54, 1.807) is 0 Å². The largest absolute Gasteiger partial charge is 0.372 e. The van der Waals surface area contributed by atoms with Crippen LogP contribution in [-0.4, -0.2) is 40.2 Å². The first-order chi connectivity index (χ1) is 15.5. The molecule has 0 aliphatic carbocycles. The summed E-state index contributed by atoms with van der Waals surface area (Å²) in [5.41, 5.74) is 2.19. The van der Waals surface area contributed by atoms with Gasteiger partial charge in [0.15, 0.2) is 0 Å². The highest BCUT2D eigenvalue weighted by Gasteiger charge is 2.25. The van der Waals surface area contributed by atoms with Gasteiger partial charge in [0.1, 0.15) is 6.54 Å². The zero-order valence-electron chi connectivity index (χ0n) is 18.8. The van der Waals surface area contributed by atoms with Crippen LogP contribution in [0.15, 0.2) is 36.4 Å². The highest BCUT2D eigenvalue weighted by Crippen LogP contribution is 2.35. The van der Waals surface area contributed by atoms with Crippen molar-refractivity contribution < 1.29 is 13.2 Å². The molecule has 3 rings (SSSR count). The number of nitrogens with zero attached hydrogens (tertiary/aromatic N) is 2. The number of rotatable bonds is 7. The minimum atomic E-state index is -3.81.